The number of carbonyl (C=O) groups excluding carboxylic acids is 2. The summed E-state index contributed by atoms with van der Waals surface area (Å²) < 4.78 is 5.75. The van der Waals surface area contributed by atoms with Crippen molar-refractivity contribution in [2.24, 2.45) is 0 Å². The van der Waals surface area contributed by atoms with Crippen molar-refractivity contribution in [1.82, 2.24) is 10.3 Å². The first kappa shape index (κ1) is 22.8. The van der Waals surface area contributed by atoms with Crippen LogP contribution in [0.5, 0.6) is 0 Å². The number of nitrogens with one attached hydrogen (secondary N) is 2. The van der Waals surface area contributed by atoms with Gasteiger partial charge in [0, 0.05) is 21.6 Å². The van der Waals surface area contributed by atoms with E-state index in [1.165, 1.54) is 7.11 Å². The highest BCUT2D eigenvalue weighted by atomic mass is 79.9. The molecule has 0 saturated heterocycles. The molecule has 5 nitrogen and oxygen atoms in total. The van der Waals surface area contributed by atoms with Crippen molar-refractivity contribution in [1.29, 1.82) is 0 Å². The molecule has 0 radical (unpaired) electrons. The number of aromatic nitrogens is 1. The lowest BCUT2D eigenvalue weighted by Gasteiger charge is -2.21. The number of rotatable bonds is 7. The maximum absolute atomic E-state index is 13.1. The van der Waals surface area contributed by atoms with Crippen LogP contribution in [0.25, 0.3) is 10.9 Å². The highest BCUT2D eigenvalue weighted by Crippen LogP contribution is 2.30. The average molecular weight is 505 g/mol. The third-order valence-corrected chi connectivity index (χ3v) is 6.35. The van der Waals surface area contributed by atoms with E-state index in [0.717, 1.165) is 43.2 Å². The lowest BCUT2D eigenvalue weighted by molar-refractivity contribution is -0.139. The van der Waals surface area contributed by atoms with E-state index in [2.05, 4.69) is 32.3 Å². The topological polar surface area (TPSA) is 71.2 Å². The van der Waals surface area contributed by atoms with Gasteiger partial charge in [0.05, 0.1) is 26.0 Å². The third kappa shape index (κ3) is 5.34. The summed E-state index contributed by atoms with van der Waals surface area (Å²) in [6.07, 6.45) is 2.22. The first-order valence-corrected chi connectivity index (χ1v) is 11.5. The van der Waals surface area contributed by atoms with E-state index < -0.39 is 0 Å². The lowest BCUT2D eigenvalue weighted by atomic mass is 9.97. The minimum Gasteiger partial charge on any atom is -0.469 e. The van der Waals surface area contributed by atoms with E-state index in [-0.39, 0.29) is 30.8 Å². The SMILES string of the molecule is COC(=O)Cc1c[nH]c2ccc(CC(=O)NC(c3ccccc3)c3ccc(C)cc3Br)cc12. The Morgan fingerprint density at radius 3 is 2.55 bits per heavy atom. The number of benzene rings is 3. The van der Waals surface area contributed by atoms with Crippen LogP contribution in [0, 0.1) is 6.92 Å². The number of halogens is 1. The van der Waals surface area contributed by atoms with Crippen molar-refractivity contribution in [3.8, 4) is 0 Å². The minimum atomic E-state index is -0.298. The Kier molecular flexibility index (Phi) is 6.94. The fraction of sp³-hybridized carbons (Fsp3) is 0.185. The molecule has 3 aromatic carbocycles. The summed E-state index contributed by atoms with van der Waals surface area (Å²) >= 11 is 3.67. The van der Waals surface area contributed by atoms with Crippen LogP contribution in [0.1, 0.15) is 33.9 Å². The molecule has 1 atom stereocenters. The molecule has 0 aliphatic heterocycles. The van der Waals surface area contributed by atoms with Gasteiger partial charge in [-0.05, 0) is 52.9 Å². The molecule has 1 heterocycles. The van der Waals surface area contributed by atoms with Crippen molar-refractivity contribution >= 4 is 38.7 Å². The molecule has 4 rings (SSSR count). The molecule has 0 bridgehead atoms. The van der Waals surface area contributed by atoms with Gasteiger partial charge in [-0.3, -0.25) is 9.59 Å². The van der Waals surface area contributed by atoms with Gasteiger partial charge in [-0.1, -0.05) is 64.5 Å². The van der Waals surface area contributed by atoms with Crippen LogP contribution in [0.3, 0.4) is 0 Å². The number of carbonyl (C=O) groups is 2. The second-order valence-corrected chi connectivity index (χ2v) is 8.91. The number of amides is 1. The molecule has 0 spiro atoms. The number of hydrogen-bond acceptors (Lipinski definition) is 3. The van der Waals surface area contributed by atoms with Crippen LogP contribution >= 0.6 is 15.9 Å². The monoisotopic (exact) mass is 504 g/mol. The van der Waals surface area contributed by atoms with Gasteiger partial charge in [0.25, 0.3) is 0 Å². The van der Waals surface area contributed by atoms with E-state index in [1.807, 2.05) is 73.8 Å². The molecule has 1 aromatic heterocycles. The molecular weight excluding hydrogens is 480 g/mol. The van der Waals surface area contributed by atoms with Gasteiger partial charge in [-0.25, -0.2) is 0 Å². The molecule has 33 heavy (non-hydrogen) atoms. The first-order valence-electron chi connectivity index (χ1n) is 10.7. The van der Waals surface area contributed by atoms with Gasteiger partial charge >= 0.3 is 5.97 Å². The van der Waals surface area contributed by atoms with Crippen molar-refractivity contribution < 1.29 is 14.3 Å². The Bertz CT molecular complexity index is 1300. The normalized spacial score (nSPS) is 11.8. The number of fused-ring (bicyclic) bond motifs is 1. The minimum absolute atomic E-state index is 0.0827. The summed E-state index contributed by atoms with van der Waals surface area (Å²) in [5.41, 5.74) is 5.80. The summed E-state index contributed by atoms with van der Waals surface area (Å²) in [6, 6.07) is 21.6. The number of aromatic amines is 1. The molecular formula is C27H25BrN2O3. The molecule has 0 saturated carbocycles. The van der Waals surface area contributed by atoms with Crippen LogP contribution < -0.4 is 5.32 Å². The predicted molar refractivity (Wildman–Crippen MR) is 133 cm³/mol. The number of aryl methyl sites for hydroxylation is 1. The van der Waals surface area contributed by atoms with E-state index in [9.17, 15) is 9.59 Å². The summed E-state index contributed by atoms with van der Waals surface area (Å²) in [4.78, 5) is 28.0. The Morgan fingerprint density at radius 1 is 1.03 bits per heavy atom. The molecule has 0 aliphatic rings. The van der Waals surface area contributed by atoms with Gasteiger partial charge < -0.3 is 15.0 Å². The van der Waals surface area contributed by atoms with Gasteiger partial charge in [0.1, 0.15) is 0 Å². The van der Waals surface area contributed by atoms with E-state index in [0.29, 0.717) is 0 Å². The first-order chi connectivity index (χ1) is 15.9. The highest BCUT2D eigenvalue weighted by molar-refractivity contribution is 9.10. The molecule has 0 fully saturated rings. The molecule has 1 unspecified atom stereocenters. The van der Waals surface area contributed by atoms with Gasteiger partial charge in [0.2, 0.25) is 5.91 Å². The number of ether oxygens (including phenoxy) is 1. The molecule has 1 amide bonds. The number of methoxy groups -OCH3 is 1. The highest BCUT2D eigenvalue weighted by Gasteiger charge is 2.20. The van der Waals surface area contributed by atoms with E-state index >= 15 is 0 Å². The maximum atomic E-state index is 13.1. The van der Waals surface area contributed by atoms with Gasteiger partial charge in [0.15, 0.2) is 0 Å². The number of hydrogen-bond donors (Lipinski definition) is 2. The Labute approximate surface area is 201 Å². The zero-order chi connectivity index (χ0) is 23.4. The summed E-state index contributed by atoms with van der Waals surface area (Å²) in [6.45, 7) is 2.04. The predicted octanol–water partition coefficient (Wildman–Crippen LogP) is 5.40. The van der Waals surface area contributed by atoms with Gasteiger partial charge in [-0.15, -0.1) is 0 Å². The third-order valence-electron chi connectivity index (χ3n) is 5.66. The average Bonchev–Trinajstić information content (AvgIpc) is 3.20. The zero-order valence-corrected chi connectivity index (χ0v) is 20.1. The fourth-order valence-electron chi connectivity index (χ4n) is 3.96. The van der Waals surface area contributed by atoms with Crippen molar-refractivity contribution in [3.05, 3.63) is 105 Å². The number of esters is 1. The standard InChI is InChI=1S/C27H25BrN2O3/c1-17-8-10-21(23(28)12-17)27(19-6-4-3-5-7-19)30-25(31)14-18-9-11-24-22(13-18)20(16-29-24)15-26(32)33-2/h3-13,16,27,29H,14-15H2,1-2H3,(H,30,31). The second-order valence-electron chi connectivity index (χ2n) is 8.06. The lowest BCUT2D eigenvalue weighted by Crippen LogP contribution is -2.30. The Hall–Kier alpha value is -3.38. The van der Waals surface area contributed by atoms with Crippen molar-refractivity contribution in [2.75, 3.05) is 7.11 Å². The molecule has 6 heteroatoms. The van der Waals surface area contributed by atoms with Crippen molar-refractivity contribution in [2.45, 2.75) is 25.8 Å². The summed E-state index contributed by atoms with van der Waals surface area (Å²) in [5, 5.41) is 4.13. The Morgan fingerprint density at radius 2 is 1.82 bits per heavy atom. The zero-order valence-electron chi connectivity index (χ0n) is 18.5. The molecule has 168 valence electrons. The van der Waals surface area contributed by atoms with Crippen molar-refractivity contribution in [3.63, 3.8) is 0 Å². The maximum Gasteiger partial charge on any atom is 0.310 e. The largest absolute Gasteiger partial charge is 0.469 e. The summed E-state index contributed by atoms with van der Waals surface area (Å²) in [5.74, 6) is -0.380. The van der Waals surface area contributed by atoms with Crippen LogP contribution in [-0.4, -0.2) is 24.0 Å². The van der Waals surface area contributed by atoms with E-state index in [1.54, 1.807) is 0 Å². The molecule has 2 N–H and O–H groups in total. The Balaban J connectivity index is 1.58. The molecule has 4 aromatic rings. The van der Waals surface area contributed by atoms with Crippen LogP contribution in [0.4, 0.5) is 0 Å². The smallest absolute Gasteiger partial charge is 0.310 e. The fourth-order valence-corrected chi connectivity index (χ4v) is 4.68. The van der Waals surface area contributed by atoms with Crippen LogP contribution in [-0.2, 0) is 27.2 Å². The summed E-state index contributed by atoms with van der Waals surface area (Å²) in [7, 11) is 1.38. The second kappa shape index (κ2) is 10.0. The number of H-pyrrole nitrogens is 1. The van der Waals surface area contributed by atoms with Gasteiger partial charge in [-0.2, -0.15) is 0 Å². The quantitative estimate of drug-likeness (QED) is 0.331. The van der Waals surface area contributed by atoms with Crippen LogP contribution in [0.15, 0.2) is 77.4 Å². The van der Waals surface area contributed by atoms with Crippen LogP contribution in [0.2, 0.25) is 0 Å². The molecule has 0 aliphatic carbocycles. The van der Waals surface area contributed by atoms with E-state index in [4.69, 9.17) is 4.74 Å².